The molecule has 2 nitrogen and oxygen atoms in total. The molecule has 0 aromatic carbocycles. The summed E-state index contributed by atoms with van der Waals surface area (Å²) in [6, 6.07) is 4.47. The van der Waals surface area contributed by atoms with E-state index >= 15 is 0 Å². The number of nitrogens with one attached hydrogen (secondary N) is 2. The Morgan fingerprint density at radius 1 is 1.41 bits per heavy atom. The standard InChI is InChI=1S/C14H22N2S/c1-11-2-3-13(17-11)10-16-9-12-8-14(12)4-6-15-7-5-14/h2-3,12,15-16H,4-10H2,1H3. The Bertz CT molecular complexity index is 379. The average molecular weight is 250 g/mol. The van der Waals surface area contributed by atoms with Gasteiger partial charge in [0.2, 0.25) is 0 Å². The van der Waals surface area contributed by atoms with E-state index in [9.17, 15) is 0 Å². The molecule has 1 aromatic rings. The Morgan fingerprint density at radius 2 is 2.24 bits per heavy atom. The maximum atomic E-state index is 3.64. The van der Waals surface area contributed by atoms with Crippen LogP contribution in [0.1, 0.15) is 29.0 Å². The highest BCUT2D eigenvalue weighted by atomic mass is 32.1. The summed E-state index contributed by atoms with van der Waals surface area (Å²) in [7, 11) is 0. The molecule has 1 aromatic heterocycles. The topological polar surface area (TPSA) is 24.1 Å². The van der Waals surface area contributed by atoms with Crippen LogP contribution in [0, 0.1) is 18.3 Å². The van der Waals surface area contributed by atoms with Gasteiger partial charge in [-0.1, -0.05) is 0 Å². The summed E-state index contributed by atoms with van der Waals surface area (Å²) in [6.45, 7) is 6.93. The molecule has 0 amide bonds. The van der Waals surface area contributed by atoms with E-state index in [1.165, 1.54) is 48.7 Å². The van der Waals surface area contributed by atoms with E-state index in [0.717, 1.165) is 17.9 Å². The molecule has 1 unspecified atom stereocenters. The zero-order valence-electron chi connectivity index (χ0n) is 10.6. The Morgan fingerprint density at radius 3 is 2.94 bits per heavy atom. The number of thiophene rings is 1. The highest BCUT2D eigenvalue weighted by molar-refractivity contribution is 7.11. The zero-order valence-corrected chi connectivity index (χ0v) is 11.4. The first-order valence-corrected chi connectivity index (χ1v) is 7.57. The predicted molar refractivity (Wildman–Crippen MR) is 73.4 cm³/mol. The smallest absolute Gasteiger partial charge is 0.0299 e. The van der Waals surface area contributed by atoms with Gasteiger partial charge in [0.25, 0.3) is 0 Å². The molecule has 1 aliphatic heterocycles. The van der Waals surface area contributed by atoms with E-state index in [-0.39, 0.29) is 0 Å². The first-order valence-electron chi connectivity index (χ1n) is 6.75. The van der Waals surface area contributed by atoms with Crippen LogP contribution in [0.3, 0.4) is 0 Å². The lowest BCUT2D eigenvalue weighted by Gasteiger charge is -2.23. The molecule has 2 fully saturated rings. The first kappa shape index (κ1) is 11.7. The van der Waals surface area contributed by atoms with Gasteiger partial charge in [-0.3, -0.25) is 0 Å². The average Bonchev–Trinajstić information content (AvgIpc) is 2.80. The fourth-order valence-corrected chi connectivity index (χ4v) is 4.07. The van der Waals surface area contributed by atoms with Crippen LogP contribution in [0.2, 0.25) is 0 Å². The van der Waals surface area contributed by atoms with E-state index in [4.69, 9.17) is 0 Å². The molecule has 0 radical (unpaired) electrons. The van der Waals surface area contributed by atoms with Gasteiger partial charge in [0, 0.05) is 16.3 Å². The molecule has 94 valence electrons. The van der Waals surface area contributed by atoms with E-state index in [2.05, 4.69) is 29.7 Å². The van der Waals surface area contributed by atoms with Crippen molar-refractivity contribution in [2.24, 2.45) is 11.3 Å². The van der Waals surface area contributed by atoms with Crippen molar-refractivity contribution in [3.05, 3.63) is 21.9 Å². The molecule has 1 saturated heterocycles. The number of piperidine rings is 1. The SMILES string of the molecule is Cc1ccc(CNCC2CC23CCNCC3)s1. The number of rotatable bonds is 4. The molecule has 1 atom stereocenters. The van der Waals surface area contributed by atoms with Gasteiger partial charge in [-0.25, -0.2) is 0 Å². The van der Waals surface area contributed by atoms with E-state index in [1.807, 2.05) is 11.3 Å². The Labute approximate surface area is 108 Å². The number of hydrogen-bond donors (Lipinski definition) is 2. The summed E-state index contributed by atoms with van der Waals surface area (Å²) in [5.74, 6) is 0.950. The number of hydrogen-bond acceptors (Lipinski definition) is 3. The second kappa shape index (κ2) is 4.71. The van der Waals surface area contributed by atoms with Gasteiger partial charge in [0.05, 0.1) is 0 Å². The Hall–Kier alpha value is -0.380. The van der Waals surface area contributed by atoms with Gasteiger partial charge in [0.15, 0.2) is 0 Å². The van der Waals surface area contributed by atoms with Crippen LogP contribution in [0.15, 0.2) is 12.1 Å². The lowest BCUT2D eigenvalue weighted by molar-refractivity contribution is 0.319. The van der Waals surface area contributed by atoms with Gasteiger partial charge in [-0.2, -0.15) is 0 Å². The van der Waals surface area contributed by atoms with E-state index < -0.39 is 0 Å². The van der Waals surface area contributed by atoms with Crippen LogP contribution in [-0.4, -0.2) is 19.6 Å². The molecule has 1 saturated carbocycles. The molecule has 2 heterocycles. The largest absolute Gasteiger partial charge is 0.317 e. The summed E-state index contributed by atoms with van der Waals surface area (Å²) in [5.41, 5.74) is 0.726. The van der Waals surface area contributed by atoms with E-state index in [1.54, 1.807) is 0 Å². The predicted octanol–water partition coefficient (Wildman–Crippen LogP) is 2.54. The fraction of sp³-hybridized carbons (Fsp3) is 0.714. The minimum absolute atomic E-state index is 0.726. The zero-order chi connectivity index (χ0) is 11.7. The second-order valence-electron chi connectivity index (χ2n) is 5.66. The third-order valence-corrected chi connectivity index (χ3v) is 5.44. The van der Waals surface area contributed by atoms with Crippen molar-refractivity contribution in [2.45, 2.75) is 32.7 Å². The molecule has 1 spiro atoms. The maximum absolute atomic E-state index is 3.64. The molecular formula is C14H22N2S. The molecule has 2 aliphatic rings. The molecular weight excluding hydrogens is 228 g/mol. The highest BCUT2D eigenvalue weighted by Gasteiger charge is 2.52. The molecule has 17 heavy (non-hydrogen) atoms. The monoisotopic (exact) mass is 250 g/mol. The van der Waals surface area contributed by atoms with Crippen LogP contribution in [0.5, 0.6) is 0 Å². The van der Waals surface area contributed by atoms with Crippen molar-refractivity contribution < 1.29 is 0 Å². The number of aryl methyl sites for hydroxylation is 1. The van der Waals surface area contributed by atoms with Gasteiger partial charge in [0.1, 0.15) is 0 Å². The van der Waals surface area contributed by atoms with Gasteiger partial charge in [-0.15, -0.1) is 11.3 Å². The normalized spacial score (nSPS) is 26.3. The van der Waals surface area contributed by atoms with Gasteiger partial charge in [-0.05, 0) is 69.3 Å². The van der Waals surface area contributed by atoms with Crippen molar-refractivity contribution in [3.8, 4) is 0 Å². The maximum Gasteiger partial charge on any atom is 0.0299 e. The van der Waals surface area contributed by atoms with Crippen LogP contribution >= 0.6 is 11.3 Å². The van der Waals surface area contributed by atoms with Gasteiger partial charge >= 0.3 is 0 Å². The van der Waals surface area contributed by atoms with Crippen LogP contribution in [0.25, 0.3) is 0 Å². The molecule has 1 aliphatic carbocycles. The minimum atomic E-state index is 0.726. The summed E-state index contributed by atoms with van der Waals surface area (Å²) in [4.78, 5) is 2.89. The third-order valence-electron chi connectivity index (χ3n) is 4.44. The molecule has 3 rings (SSSR count). The lowest BCUT2D eigenvalue weighted by Crippen LogP contribution is -2.31. The van der Waals surface area contributed by atoms with Crippen molar-refractivity contribution >= 4 is 11.3 Å². The molecule has 2 N–H and O–H groups in total. The van der Waals surface area contributed by atoms with Crippen LogP contribution < -0.4 is 10.6 Å². The minimum Gasteiger partial charge on any atom is -0.317 e. The van der Waals surface area contributed by atoms with Crippen molar-refractivity contribution in [1.29, 1.82) is 0 Å². The van der Waals surface area contributed by atoms with E-state index in [0.29, 0.717) is 0 Å². The summed E-state index contributed by atoms with van der Waals surface area (Å²) in [5, 5.41) is 7.11. The van der Waals surface area contributed by atoms with Crippen LogP contribution in [-0.2, 0) is 6.54 Å². The van der Waals surface area contributed by atoms with Crippen molar-refractivity contribution in [3.63, 3.8) is 0 Å². The summed E-state index contributed by atoms with van der Waals surface area (Å²) in [6.07, 6.45) is 4.26. The first-order chi connectivity index (χ1) is 8.28. The fourth-order valence-electron chi connectivity index (χ4n) is 3.21. The Balaban J connectivity index is 1.41. The second-order valence-corrected chi connectivity index (χ2v) is 7.03. The van der Waals surface area contributed by atoms with Crippen molar-refractivity contribution in [1.82, 2.24) is 10.6 Å². The molecule has 0 bridgehead atoms. The summed E-state index contributed by atoms with van der Waals surface area (Å²) >= 11 is 1.91. The quantitative estimate of drug-likeness (QED) is 0.858. The van der Waals surface area contributed by atoms with Crippen molar-refractivity contribution in [2.75, 3.05) is 19.6 Å². The Kier molecular flexibility index (Phi) is 3.24. The van der Waals surface area contributed by atoms with Gasteiger partial charge < -0.3 is 10.6 Å². The molecule has 3 heteroatoms. The van der Waals surface area contributed by atoms with Crippen LogP contribution in [0.4, 0.5) is 0 Å². The lowest BCUT2D eigenvalue weighted by atomic mass is 9.92. The summed E-state index contributed by atoms with van der Waals surface area (Å²) < 4.78 is 0. The highest BCUT2D eigenvalue weighted by Crippen LogP contribution is 2.58. The third kappa shape index (κ3) is 2.56.